The van der Waals surface area contributed by atoms with E-state index >= 15 is 0 Å². The predicted octanol–water partition coefficient (Wildman–Crippen LogP) is 2.39. The second-order valence-corrected chi connectivity index (χ2v) is 9.69. The second kappa shape index (κ2) is 9.28. The van der Waals surface area contributed by atoms with Gasteiger partial charge in [-0.2, -0.15) is 0 Å². The fourth-order valence-corrected chi connectivity index (χ4v) is 4.36. The number of nitrogens with zero attached hydrogens (tertiary/aromatic N) is 3. The molecule has 0 spiro atoms. The molecule has 3 amide bonds. The van der Waals surface area contributed by atoms with Crippen LogP contribution in [0.4, 0.5) is 0 Å². The molecule has 2 aliphatic rings. The molecular formula is C24H35N3O4. The Kier molecular flexibility index (Phi) is 6.92. The third kappa shape index (κ3) is 5.57. The molecule has 1 aromatic rings. The minimum atomic E-state index is -0.290. The summed E-state index contributed by atoms with van der Waals surface area (Å²) in [4.78, 5) is 43.5. The molecule has 2 heterocycles. The number of carbonyl (C=O) groups excluding carboxylic acids is 3. The molecule has 0 aromatic heterocycles. The Balaban J connectivity index is 1.52. The SMILES string of the molecule is Cc1ccc(OCC(=O)N2CCCN(C(=O)C3CC(=O)N(C(C)(C)C)C3)CC2)c(C)c1. The Labute approximate surface area is 185 Å². The van der Waals surface area contributed by atoms with Crippen LogP contribution in [0.3, 0.4) is 0 Å². The molecule has 0 aliphatic carbocycles. The molecule has 2 saturated heterocycles. The maximum atomic E-state index is 13.0. The largest absolute Gasteiger partial charge is 0.484 e. The van der Waals surface area contributed by atoms with Crippen molar-refractivity contribution in [1.82, 2.24) is 14.7 Å². The molecule has 2 fully saturated rings. The van der Waals surface area contributed by atoms with Crippen LogP contribution in [0.1, 0.15) is 44.7 Å². The first-order valence-electron chi connectivity index (χ1n) is 11.1. The molecule has 7 heteroatoms. The molecule has 0 N–H and O–H groups in total. The Morgan fingerprint density at radius 1 is 1.06 bits per heavy atom. The molecule has 1 atom stereocenters. The molecule has 3 rings (SSSR count). The number of hydrogen-bond acceptors (Lipinski definition) is 4. The van der Waals surface area contributed by atoms with Gasteiger partial charge in [-0.05, 0) is 52.7 Å². The number of aryl methyl sites for hydroxylation is 2. The highest BCUT2D eigenvalue weighted by molar-refractivity contribution is 5.89. The van der Waals surface area contributed by atoms with E-state index < -0.39 is 0 Å². The molecule has 0 saturated carbocycles. The summed E-state index contributed by atoms with van der Waals surface area (Å²) in [7, 11) is 0. The first-order valence-corrected chi connectivity index (χ1v) is 11.1. The normalized spacial score (nSPS) is 20.1. The fraction of sp³-hybridized carbons (Fsp3) is 0.625. The van der Waals surface area contributed by atoms with Crippen molar-refractivity contribution in [3.05, 3.63) is 29.3 Å². The summed E-state index contributed by atoms with van der Waals surface area (Å²) in [6, 6.07) is 5.89. The molecule has 1 unspecified atom stereocenters. The van der Waals surface area contributed by atoms with E-state index in [0.29, 0.717) is 32.7 Å². The van der Waals surface area contributed by atoms with Crippen molar-refractivity contribution in [1.29, 1.82) is 0 Å². The van der Waals surface area contributed by atoms with Gasteiger partial charge in [-0.3, -0.25) is 14.4 Å². The summed E-state index contributed by atoms with van der Waals surface area (Å²) < 4.78 is 5.74. The molecule has 170 valence electrons. The highest BCUT2D eigenvalue weighted by atomic mass is 16.5. The molecule has 7 nitrogen and oxygen atoms in total. The quantitative estimate of drug-likeness (QED) is 0.737. The topological polar surface area (TPSA) is 70.2 Å². The van der Waals surface area contributed by atoms with Crippen LogP contribution < -0.4 is 4.74 Å². The standard InChI is InChI=1S/C24H35N3O4/c1-17-7-8-20(18(2)13-17)31-16-22(29)25-9-6-10-26(12-11-25)23(30)19-14-21(28)27(15-19)24(3,4)5/h7-8,13,19H,6,9-12,14-16H2,1-5H3. The van der Waals surface area contributed by atoms with E-state index in [0.717, 1.165) is 23.3 Å². The van der Waals surface area contributed by atoms with Crippen LogP contribution in [0.5, 0.6) is 5.75 Å². The lowest BCUT2D eigenvalue weighted by molar-refractivity contribution is -0.137. The Hall–Kier alpha value is -2.57. The Morgan fingerprint density at radius 3 is 2.39 bits per heavy atom. The maximum absolute atomic E-state index is 13.0. The van der Waals surface area contributed by atoms with Gasteiger partial charge in [0.05, 0.1) is 5.92 Å². The van der Waals surface area contributed by atoms with Gasteiger partial charge in [-0.15, -0.1) is 0 Å². The highest BCUT2D eigenvalue weighted by Crippen LogP contribution is 2.27. The van der Waals surface area contributed by atoms with E-state index in [1.807, 2.05) is 57.7 Å². The van der Waals surface area contributed by atoms with Crippen molar-refractivity contribution in [3.8, 4) is 5.75 Å². The summed E-state index contributed by atoms with van der Waals surface area (Å²) in [5, 5.41) is 0. The number of amides is 3. The van der Waals surface area contributed by atoms with Gasteiger partial charge in [-0.25, -0.2) is 0 Å². The number of rotatable bonds is 4. The lowest BCUT2D eigenvalue weighted by atomic mass is 10.1. The summed E-state index contributed by atoms with van der Waals surface area (Å²) >= 11 is 0. The third-order valence-electron chi connectivity index (χ3n) is 6.13. The number of benzene rings is 1. The smallest absolute Gasteiger partial charge is 0.260 e. The van der Waals surface area contributed by atoms with E-state index in [2.05, 4.69) is 0 Å². The van der Waals surface area contributed by atoms with Crippen LogP contribution in [0.2, 0.25) is 0 Å². The van der Waals surface area contributed by atoms with E-state index in [4.69, 9.17) is 4.74 Å². The minimum absolute atomic E-state index is 0.00445. The van der Waals surface area contributed by atoms with Crippen LogP contribution in [-0.4, -0.2) is 77.3 Å². The lowest BCUT2D eigenvalue weighted by Gasteiger charge is -2.32. The van der Waals surface area contributed by atoms with Gasteiger partial charge in [0, 0.05) is 44.7 Å². The second-order valence-electron chi connectivity index (χ2n) is 9.69. The lowest BCUT2D eigenvalue weighted by Crippen LogP contribution is -2.44. The summed E-state index contributed by atoms with van der Waals surface area (Å²) in [6.07, 6.45) is 1.00. The van der Waals surface area contributed by atoms with E-state index in [1.54, 1.807) is 9.80 Å². The van der Waals surface area contributed by atoms with Crippen molar-refractivity contribution >= 4 is 17.7 Å². The number of hydrogen-bond donors (Lipinski definition) is 0. The van der Waals surface area contributed by atoms with Gasteiger partial charge in [-0.1, -0.05) is 17.7 Å². The molecule has 1 aromatic carbocycles. The summed E-state index contributed by atoms with van der Waals surface area (Å²) in [6.45, 7) is 12.6. The fourth-order valence-electron chi connectivity index (χ4n) is 4.36. The van der Waals surface area contributed by atoms with E-state index in [1.165, 1.54) is 0 Å². The monoisotopic (exact) mass is 429 g/mol. The molecular weight excluding hydrogens is 394 g/mol. The van der Waals surface area contributed by atoms with Crippen LogP contribution in [-0.2, 0) is 14.4 Å². The van der Waals surface area contributed by atoms with Crippen molar-refractivity contribution in [2.24, 2.45) is 5.92 Å². The summed E-state index contributed by atoms with van der Waals surface area (Å²) in [5.74, 6) is 0.438. The van der Waals surface area contributed by atoms with Crippen LogP contribution in [0.15, 0.2) is 18.2 Å². The Bertz CT molecular complexity index is 846. The van der Waals surface area contributed by atoms with Gasteiger partial charge in [0.25, 0.3) is 5.91 Å². The summed E-state index contributed by atoms with van der Waals surface area (Å²) in [5.41, 5.74) is 1.89. The number of likely N-dealkylation sites (tertiary alicyclic amines) is 1. The highest BCUT2D eigenvalue weighted by Gasteiger charge is 2.41. The van der Waals surface area contributed by atoms with Crippen LogP contribution in [0, 0.1) is 19.8 Å². The van der Waals surface area contributed by atoms with E-state index in [9.17, 15) is 14.4 Å². The zero-order chi connectivity index (χ0) is 22.8. The number of carbonyl (C=O) groups is 3. The average molecular weight is 430 g/mol. The van der Waals surface area contributed by atoms with Crippen molar-refractivity contribution in [2.45, 2.75) is 53.0 Å². The van der Waals surface area contributed by atoms with Crippen molar-refractivity contribution in [3.63, 3.8) is 0 Å². The molecule has 0 radical (unpaired) electrons. The van der Waals surface area contributed by atoms with Gasteiger partial charge < -0.3 is 19.4 Å². The van der Waals surface area contributed by atoms with E-state index in [-0.39, 0.29) is 42.2 Å². The Morgan fingerprint density at radius 2 is 1.74 bits per heavy atom. The maximum Gasteiger partial charge on any atom is 0.260 e. The third-order valence-corrected chi connectivity index (χ3v) is 6.13. The van der Waals surface area contributed by atoms with Gasteiger partial charge >= 0.3 is 0 Å². The van der Waals surface area contributed by atoms with Gasteiger partial charge in [0.1, 0.15) is 5.75 Å². The number of ether oxygens (including phenoxy) is 1. The first-order chi connectivity index (χ1) is 14.6. The van der Waals surface area contributed by atoms with Gasteiger partial charge in [0.2, 0.25) is 11.8 Å². The van der Waals surface area contributed by atoms with Gasteiger partial charge in [0.15, 0.2) is 6.61 Å². The zero-order valence-electron chi connectivity index (χ0n) is 19.4. The van der Waals surface area contributed by atoms with Crippen molar-refractivity contribution < 1.29 is 19.1 Å². The average Bonchev–Trinajstić information content (AvgIpc) is 2.93. The molecule has 2 aliphatic heterocycles. The van der Waals surface area contributed by atoms with Crippen molar-refractivity contribution in [2.75, 3.05) is 39.3 Å². The van der Waals surface area contributed by atoms with Crippen LogP contribution >= 0.6 is 0 Å². The predicted molar refractivity (Wildman–Crippen MR) is 119 cm³/mol. The van der Waals surface area contributed by atoms with Crippen LogP contribution in [0.25, 0.3) is 0 Å². The first kappa shape index (κ1) is 23.1. The zero-order valence-corrected chi connectivity index (χ0v) is 19.4. The molecule has 31 heavy (non-hydrogen) atoms. The minimum Gasteiger partial charge on any atom is -0.484 e. The molecule has 0 bridgehead atoms.